The van der Waals surface area contributed by atoms with E-state index in [1.54, 1.807) is 0 Å². The maximum Gasteiger partial charge on any atom is 0.0462 e. The van der Waals surface area contributed by atoms with Crippen molar-refractivity contribution in [2.75, 3.05) is 0 Å². The second-order valence-electron chi connectivity index (χ2n) is 5.95. The second-order valence-corrected chi connectivity index (χ2v) is 5.95. The van der Waals surface area contributed by atoms with E-state index in [1.165, 1.54) is 17.4 Å². The van der Waals surface area contributed by atoms with Crippen molar-refractivity contribution in [2.24, 2.45) is 17.3 Å². The Bertz CT molecular complexity index is 458. The lowest BCUT2D eigenvalue weighted by molar-refractivity contribution is 0.0960. The summed E-state index contributed by atoms with van der Waals surface area (Å²) >= 11 is 0. The Morgan fingerprint density at radius 2 is 2.21 bits per heavy atom. The monoisotopic (exact) mass is 256 g/mol. The van der Waals surface area contributed by atoms with Gasteiger partial charge < -0.3 is 10.8 Å². The average Bonchev–Trinajstić information content (AvgIpc) is 2.41. The predicted molar refractivity (Wildman–Crippen MR) is 82.1 cm³/mol. The molecule has 0 spiro atoms. The van der Waals surface area contributed by atoms with Crippen molar-refractivity contribution in [1.29, 1.82) is 10.8 Å². The molecule has 19 heavy (non-hydrogen) atoms. The molecular weight excluding hydrogens is 232 g/mol. The first-order chi connectivity index (χ1) is 9.05. The summed E-state index contributed by atoms with van der Waals surface area (Å²) in [4.78, 5) is 0. The molecule has 2 heteroatoms. The number of nitrogens with one attached hydrogen (secondary N) is 2. The van der Waals surface area contributed by atoms with E-state index in [1.807, 2.05) is 13.0 Å². The van der Waals surface area contributed by atoms with Crippen molar-refractivity contribution in [1.82, 2.24) is 0 Å². The zero-order chi connectivity index (χ0) is 14.0. The molecule has 2 aliphatic rings. The summed E-state index contributed by atoms with van der Waals surface area (Å²) in [6.07, 6.45) is 10.8. The fraction of sp³-hybridized carbons (Fsp3) is 0.529. The van der Waals surface area contributed by atoms with Crippen LogP contribution in [0.1, 0.15) is 39.0 Å². The summed E-state index contributed by atoms with van der Waals surface area (Å²) in [5.41, 5.74) is 2.96. The number of allylic oxidation sites excluding steroid dienone is 4. The van der Waals surface area contributed by atoms with Gasteiger partial charge in [-0.25, -0.2) is 0 Å². The molecule has 0 heterocycles. The molecule has 2 aliphatic carbocycles. The fourth-order valence-corrected chi connectivity index (χ4v) is 3.69. The fourth-order valence-electron chi connectivity index (χ4n) is 3.69. The summed E-state index contributed by atoms with van der Waals surface area (Å²) in [5, 5.41) is 15.8. The Balaban J connectivity index is 2.26. The van der Waals surface area contributed by atoms with Crippen LogP contribution < -0.4 is 0 Å². The zero-order valence-corrected chi connectivity index (χ0v) is 11.8. The third-order valence-electron chi connectivity index (χ3n) is 5.06. The standard InChI is InChI=1S/C17H24N2/c1-4-14-7-5-6-12(2)15-10-17(11-18,13(3)19)16(15)9-8-14/h4,7,11,15-16,18-19H,1-2,5-6,8-10H2,3H3/b14-7-,18-11?,19-13?/t15-,16-,17?/m1/s1. The molecule has 1 saturated carbocycles. The van der Waals surface area contributed by atoms with Crippen molar-refractivity contribution in [3.8, 4) is 0 Å². The van der Waals surface area contributed by atoms with Crippen LogP contribution in [0, 0.1) is 28.1 Å². The normalized spacial score (nSPS) is 37.5. The molecule has 0 aliphatic heterocycles. The Morgan fingerprint density at radius 3 is 2.79 bits per heavy atom. The van der Waals surface area contributed by atoms with Gasteiger partial charge in [-0.2, -0.15) is 0 Å². The van der Waals surface area contributed by atoms with Gasteiger partial charge >= 0.3 is 0 Å². The van der Waals surface area contributed by atoms with Gasteiger partial charge in [0, 0.05) is 17.3 Å². The minimum Gasteiger partial charge on any atom is -0.312 e. The molecule has 102 valence electrons. The first kappa shape index (κ1) is 14.0. The minimum atomic E-state index is -0.301. The molecule has 0 bridgehead atoms. The van der Waals surface area contributed by atoms with Crippen LogP contribution in [0.2, 0.25) is 0 Å². The maximum atomic E-state index is 8.05. The van der Waals surface area contributed by atoms with Gasteiger partial charge in [-0.1, -0.05) is 36.5 Å². The van der Waals surface area contributed by atoms with E-state index in [2.05, 4.69) is 19.2 Å². The van der Waals surface area contributed by atoms with E-state index in [-0.39, 0.29) is 5.41 Å². The lowest BCUT2D eigenvalue weighted by atomic mass is 9.49. The highest BCUT2D eigenvalue weighted by molar-refractivity contribution is 6.01. The van der Waals surface area contributed by atoms with Gasteiger partial charge in [-0.15, -0.1) is 0 Å². The molecular formula is C17H24N2. The van der Waals surface area contributed by atoms with Gasteiger partial charge in [0.05, 0.1) is 0 Å². The molecule has 3 atom stereocenters. The zero-order valence-electron chi connectivity index (χ0n) is 11.8. The molecule has 1 fully saturated rings. The van der Waals surface area contributed by atoms with Crippen molar-refractivity contribution < 1.29 is 0 Å². The molecule has 2 nitrogen and oxygen atoms in total. The summed E-state index contributed by atoms with van der Waals surface area (Å²) in [6, 6.07) is 0. The lowest BCUT2D eigenvalue weighted by Crippen LogP contribution is -2.53. The topological polar surface area (TPSA) is 47.7 Å². The molecule has 0 saturated heterocycles. The van der Waals surface area contributed by atoms with Crippen molar-refractivity contribution in [3.05, 3.63) is 36.5 Å². The van der Waals surface area contributed by atoms with Crippen molar-refractivity contribution in [2.45, 2.75) is 39.0 Å². The SMILES string of the molecule is C=C/C1=C/CCC(=C)[C@H]2CC(C=N)(C(C)=N)[C@@H]2CC1. The molecule has 2 rings (SSSR count). The third-order valence-corrected chi connectivity index (χ3v) is 5.06. The molecule has 0 aromatic heterocycles. The number of fused-ring (bicyclic) bond motifs is 1. The van der Waals surface area contributed by atoms with Crippen molar-refractivity contribution in [3.63, 3.8) is 0 Å². The molecule has 0 radical (unpaired) electrons. The van der Waals surface area contributed by atoms with Gasteiger partial charge in [-0.05, 0) is 50.9 Å². The Labute approximate surface area is 116 Å². The van der Waals surface area contributed by atoms with E-state index in [0.29, 0.717) is 17.5 Å². The van der Waals surface area contributed by atoms with Crippen LogP contribution in [0.3, 0.4) is 0 Å². The average molecular weight is 256 g/mol. The maximum absolute atomic E-state index is 8.05. The lowest BCUT2D eigenvalue weighted by Gasteiger charge is -2.54. The van der Waals surface area contributed by atoms with Crippen LogP contribution >= 0.6 is 0 Å². The van der Waals surface area contributed by atoms with E-state index in [0.717, 1.165) is 32.1 Å². The van der Waals surface area contributed by atoms with Gasteiger partial charge in [0.1, 0.15) is 0 Å². The summed E-state index contributed by atoms with van der Waals surface area (Å²) in [7, 11) is 0. The molecule has 1 unspecified atom stereocenters. The van der Waals surface area contributed by atoms with E-state index >= 15 is 0 Å². The summed E-state index contributed by atoms with van der Waals surface area (Å²) in [5.74, 6) is 0.885. The van der Waals surface area contributed by atoms with E-state index < -0.39 is 0 Å². The van der Waals surface area contributed by atoms with Crippen LogP contribution in [0.15, 0.2) is 36.5 Å². The van der Waals surface area contributed by atoms with Gasteiger partial charge in [0.15, 0.2) is 0 Å². The first-order valence-corrected chi connectivity index (χ1v) is 7.11. The van der Waals surface area contributed by atoms with Crippen LogP contribution in [0.4, 0.5) is 0 Å². The largest absolute Gasteiger partial charge is 0.312 e. The van der Waals surface area contributed by atoms with E-state index in [9.17, 15) is 0 Å². The number of hydrogen-bond donors (Lipinski definition) is 2. The molecule has 0 amide bonds. The Morgan fingerprint density at radius 1 is 1.47 bits per heavy atom. The highest BCUT2D eigenvalue weighted by atomic mass is 14.6. The highest BCUT2D eigenvalue weighted by Gasteiger charge is 2.54. The minimum absolute atomic E-state index is 0.301. The van der Waals surface area contributed by atoms with Crippen LogP contribution in [-0.2, 0) is 0 Å². The summed E-state index contributed by atoms with van der Waals surface area (Å²) in [6.45, 7) is 9.98. The first-order valence-electron chi connectivity index (χ1n) is 7.11. The molecule has 0 aromatic rings. The van der Waals surface area contributed by atoms with Gasteiger partial charge in [0.2, 0.25) is 0 Å². The van der Waals surface area contributed by atoms with Gasteiger partial charge in [-0.3, -0.25) is 0 Å². The van der Waals surface area contributed by atoms with Crippen molar-refractivity contribution >= 4 is 11.9 Å². The Kier molecular flexibility index (Phi) is 3.88. The van der Waals surface area contributed by atoms with Crippen LogP contribution in [0.5, 0.6) is 0 Å². The molecule has 0 aromatic carbocycles. The van der Waals surface area contributed by atoms with Crippen LogP contribution in [-0.4, -0.2) is 11.9 Å². The highest BCUT2D eigenvalue weighted by Crippen LogP contribution is 2.56. The second kappa shape index (κ2) is 5.28. The van der Waals surface area contributed by atoms with Gasteiger partial charge in [0.25, 0.3) is 0 Å². The summed E-state index contributed by atoms with van der Waals surface area (Å²) < 4.78 is 0. The molecule has 2 N–H and O–H groups in total. The quantitative estimate of drug-likeness (QED) is 0.550. The third kappa shape index (κ3) is 2.24. The van der Waals surface area contributed by atoms with Crippen LogP contribution in [0.25, 0.3) is 0 Å². The Hall–Kier alpha value is -1.44. The number of hydrogen-bond acceptors (Lipinski definition) is 2. The number of rotatable bonds is 3. The smallest absolute Gasteiger partial charge is 0.0462 e. The predicted octanol–water partition coefficient (Wildman–Crippen LogP) is 4.54. The van der Waals surface area contributed by atoms with E-state index in [4.69, 9.17) is 10.8 Å².